The van der Waals surface area contributed by atoms with Crippen molar-refractivity contribution in [2.24, 2.45) is 0 Å². The van der Waals surface area contributed by atoms with Gasteiger partial charge in [0.05, 0.1) is 11.7 Å². The van der Waals surface area contributed by atoms with Gasteiger partial charge in [-0.1, -0.05) is 28.1 Å². The van der Waals surface area contributed by atoms with Crippen LogP contribution >= 0.6 is 15.9 Å². The summed E-state index contributed by atoms with van der Waals surface area (Å²) >= 11 is 3.22. The monoisotopic (exact) mass is 306 g/mol. The number of carboxylic acid groups (broad SMARTS) is 1. The van der Waals surface area contributed by atoms with E-state index in [1.807, 2.05) is 0 Å². The quantitative estimate of drug-likeness (QED) is 0.918. The van der Waals surface area contributed by atoms with Crippen LogP contribution in [0.1, 0.15) is 11.5 Å². The Morgan fingerprint density at radius 2 is 2.12 bits per heavy atom. The molecule has 0 radical (unpaired) electrons. The van der Waals surface area contributed by atoms with E-state index in [4.69, 9.17) is 5.11 Å². The lowest BCUT2D eigenvalue weighted by molar-refractivity contribution is -0.138. The SMILES string of the molecule is CS(=O)(=O)CC(C(=O)O)c1cccc(Br)c1. The molecule has 1 N–H and O–H groups in total. The van der Waals surface area contributed by atoms with Gasteiger partial charge in [0.15, 0.2) is 0 Å². The van der Waals surface area contributed by atoms with Crippen LogP contribution < -0.4 is 0 Å². The maximum atomic E-state index is 11.1. The van der Waals surface area contributed by atoms with Crippen LogP contribution in [0.15, 0.2) is 28.7 Å². The molecular formula is C10H11BrO4S. The molecule has 0 aliphatic rings. The van der Waals surface area contributed by atoms with Gasteiger partial charge >= 0.3 is 5.97 Å². The molecule has 88 valence electrons. The van der Waals surface area contributed by atoms with Crippen LogP contribution in [-0.4, -0.2) is 31.5 Å². The van der Waals surface area contributed by atoms with E-state index in [9.17, 15) is 13.2 Å². The van der Waals surface area contributed by atoms with Gasteiger partial charge < -0.3 is 5.11 Å². The van der Waals surface area contributed by atoms with E-state index in [2.05, 4.69) is 15.9 Å². The van der Waals surface area contributed by atoms with E-state index in [1.54, 1.807) is 24.3 Å². The van der Waals surface area contributed by atoms with E-state index >= 15 is 0 Å². The largest absolute Gasteiger partial charge is 0.481 e. The van der Waals surface area contributed by atoms with E-state index in [1.165, 1.54) is 0 Å². The van der Waals surface area contributed by atoms with Crippen LogP contribution in [0.25, 0.3) is 0 Å². The Bertz CT molecular complexity index is 495. The maximum absolute atomic E-state index is 11.1. The standard InChI is InChI=1S/C10H11BrO4S/c1-16(14,15)6-9(10(12)13)7-3-2-4-8(11)5-7/h2-5,9H,6H2,1H3,(H,12,13). The molecule has 0 saturated heterocycles. The Hall–Kier alpha value is -0.880. The molecule has 1 aromatic rings. The van der Waals surface area contributed by atoms with Gasteiger partial charge in [-0.3, -0.25) is 4.79 Å². The maximum Gasteiger partial charge on any atom is 0.312 e. The van der Waals surface area contributed by atoms with Crippen LogP contribution in [-0.2, 0) is 14.6 Å². The average molecular weight is 307 g/mol. The summed E-state index contributed by atoms with van der Waals surface area (Å²) in [6, 6.07) is 6.65. The fourth-order valence-corrected chi connectivity index (χ4v) is 2.69. The normalized spacial score (nSPS) is 13.4. The first-order valence-electron chi connectivity index (χ1n) is 4.45. The Morgan fingerprint density at radius 1 is 1.50 bits per heavy atom. The van der Waals surface area contributed by atoms with Crippen molar-refractivity contribution in [3.05, 3.63) is 34.3 Å². The summed E-state index contributed by atoms with van der Waals surface area (Å²) in [5.41, 5.74) is 0.479. The summed E-state index contributed by atoms with van der Waals surface area (Å²) in [4.78, 5) is 11.0. The van der Waals surface area contributed by atoms with Crippen molar-refractivity contribution in [3.63, 3.8) is 0 Å². The van der Waals surface area contributed by atoms with Gasteiger partial charge in [0.2, 0.25) is 0 Å². The van der Waals surface area contributed by atoms with Crippen molar-refractivity contribution in [1.29, 1.82) is 0 Å². The van der Waals surface area contributed by atoms with Gasteiger partial charge in [0, 0.05) is 10.7 Å². The number of hydrogen-bond donors (Lipinski definition) is 1. The lowest BCUT2D eigenvalue weighted by atomic mass is 10.0. The highest BCUT2D eigenvalue weighted by atomic mass is 79.9. The zero-order valence-electron chi connectivity index (χ0n) is 8.55. The molecule has 16 heavy (non-hydrogen) atoms. The molecule has 1 rings (SSSR count). The summed E-state index contributed by atoms with van der Waals surface area (Å²) < 4.78 is 23.0. The van der Waals surface area contributed by atoms with Crippen LogP contribution in [0.3, 0.4) is 0 Å². The van der Waals surface area contributed by atoms with E-state index < -0.39 is 27.5 Å². The number of rotatable bonds is 4. The second kappa shape index (κ2) is 4.97. The van der Waals surface area contributed by atoms with Crippen molar-refractivity contribution in [2.45, 2.75) is 5.92 Å². The predicted octanol–water partition coefficient (Wildman–Crippen LogP) is 1.66. The van der Waals surface area contributed by atoms with Gasteiger partial charge in [-0.15, -0.1) is 0 Å². The highest BCUT2D eigenvalue weighted by Crippen LogP contribution is 2.21. The Kier molecular flexibility index (Phi) is 4.09. The van der Waals surface area contributed by atoms with Crippen LogP contribution in [0.5, 0.6) is 0 Å². The van der Waals surface area contributed by atoms with Crippen LogP contribution in [0.4, 0.5) is 0 Å². The molecule has 1 aromatic carbocycles. The number of benzene rings is 1. The molecule has 0 spiro atoms. The van der Waals surface area contributed by atoms with E-state index in [0.717, 1.165) is 10.7 Å². The Labute approximate surface area is 102 Å². The molecule has 0 bridgehead atoms. The van der Waals surface area contributed by atoms with Gasteiger partial charge in [-0.25, -0.2) is 8.42 Å². The third kappa shape index (κ3) is 3.94. The molecule has 0 aliphatic carbocycles. The number of halogens is 1. The molecular weight excluding hydrogens is 296 g/mol. The predicted molar refractivity (Wildman–Crippen MR) is 64.2 cm³/mol. The van der Waals surface area contributed by atoms with Gasteiger partial charge in [0.25, 0.3) is 0 Å². The van der Waals surface area contributed by atoms with Crippen molar-refractivity contribution >= 4 is 31.7 Å². The van der Waals surface area contributed by atoms with E-state index in [0.29, 0.717) is 5.56 Å². The highest BCUT2D eigenvalue weighted by molar-refractivity contribution is 9.10. The molecule has 0 amide bonds. The summed E-state index contributed by atoms with van der Waals surface area (Å²) in [6.07, 6.45) is 1.03. The molecule has 4 nitrogen and oxygen atoms in total. The van der Waals surface area contributed by atoms with Crippen LogP contribution in [0, 0.1) is 0 Å². The first kappa shape index (κ1) is 13.2. The fourth-order valence-electron chi connectivity index (χ4n) is 1.34. The molecule has 6 heteroatoms. The second-order valence-corrected chi connectivity index (χ2v) is 6.64. The number of carbonyl (C=O) groups is 1. The minimum atomic E-state index is -3.33. The third-order valence-electron chi connectivity index (χ3n) is 2.02. The molecule has 0 fully saturated rings. The first-order valence-corrected chi connectivity index (χ1v) is 7.31. The molecule has 0 aromatic heterocycles. The minimum absolute atomic E-state index is 0.390. The average Bonchev–Trinajstić information content (AvgIpc) is 2.12. The van der Waals surface area contributed by atoms with E-state index in [-0.39, 0.29) is 0 Å². The lowest BCUT2D eigenvalue weighted by Gasteiger charge is -2.11. The zero-order chi connectivity index (χ0) is 12.3. The third-order valence-corrected chi connectivity index (χ3v) is 3.45. The molecule has 0 aliphatic heterocycles. The van der Waals surface area contributed by atoms with Crippen molar-refractivity contribution < 1.29 is 18.3 Å². The summed E-state index contributed by atoms with van der Waals surface area (Å²) in [7, 11) is -3.33. The fraction of sp³-hybridized carbons (Fsp3) is 0.300. The Balaban J connectivity index is 3.08. The Morgan fingerprint density at radius 3 is 2.56 bits per heavy atom. The number of hydrogen-bond acceptors (Lipinski definition) is 3. The number of sulfone groups is 1. The zero-order valence-corrected chi connectivity index (χ0v) is 11.0. The van der Waals surface area contributed by atoms with Gasteiger partial charge in [0.1, 0.15) is 9.84 Å². The van der Waals surface area contributed by atoms with Gasteiger partial charge in [-0.05, 0) is 17.7 Å². The van der Waals surface area contributed by atoms with Crippen molar-refractivity contribution in [2.75, 3.05) is 12.0 Å². The summed E-state index contributed by atoms with van der Waals surface area (Å²) in [5, 5.41) is 9.00. The summed E-state index contributed by atoms with van der Waals surface area (Å²) in [6.45, 7) is 0. The molecule has 1 unspecified atom stereocenters. The molecule has 0 heterocycles. The van der Waals surface area contributed by atoms with Crippen molar-refractivity contribution in [1.82, 2.24) is 0 Å². The number of aliphatic carboxylic acids is 1. The molecule has 0 saturated carbocycles. The van der Waals surface area contributed by atoms with Gasteiger partial charge in [-0.2, -0.15) is 0 Å². The topological polar surface area (TPSA) is 71.4 Å². The number of carboxylic acids is 1. The first-order chi connectivity index (χ1) is 7.29. The smallest absolute Gasteiger partial charge is 0.312 e. The lowest BCUT2D eigenvalue weighted by Crippen LogP contribution is -2.21. The minimum Gasteiger partial charge on any atom is -0.481 e. The highest BCUT2D eigenvalue weighted by Gasteiger charge is 2.24. The second-order valence-electron chi connectivity index (χ2n) is 3.54. The molecule has 1 atom stereocenters. The van der Waals surface area contributed by atoms with Crippen molar-refractivity contribution in [3.8, 4) is 0 Å². The summed E-state index contributed by atoms with van der Waals surface area (Å²) in [5.74, 6) is -2.55. The van der Waals surface area contributed by atoms with Crippen LogP contribution in [0.2, 0.25) is 0 Å².